The lowest BCUT2D eigenvalue weighted by molar-refractivity contribution is -0.115. The monoisotopic (exact) mass is 358 g/mol. The second-order valence-corrected chi connectivity index (χ2v) is 5.58. The van der Waals surface area contributed by atoms with E-state index in [0.717, 1.165) is 5.69 Å². The molecule has 0 radical (unpaired) electrons. The third-order valence-electron chi connectivity index (χ3n) is 3.42. The Morgan fingerprint density at radius 2 is 1.81 bits per heavy atom. The Kier molecular flexibility index (Phi) is 7.42. The van der Waals surface area contributed by atoms with Gasteiger partial charge in [0.15, 0.2) is 17.5 Å². The van der Waals surface area contributed by atoms with Crippen LogP contribution in [-0.2, 0) is 4.79 Å². The van der Waals surface area contributed by atoms with Crippen molar-refractivity contribution in [3.63, 3.8) is 0 Å². The minimum atomic E-state index is -0.403. The average Bonchev–Trinajstić information content (AvgIpc) is 2.64. The van der Waals surface area contributed by atoms with Crippen LogP contribution in [0.4, 0.5) is 10.1 Å². The molecule has 2 rings (SSSR count). The van der Waals surface area contributed by atoms with Gasteiger partial charge in [-0.05, 0) is 31.2 Å². The van der Waals surface area contributed by atoms with Gasteiger partial charge in [-0.15, -0.1) is 0 Å². The maximum atomic E-state index is 13.6. The highest BCUT2D eigenvalue weighted by molar-refractivity contribution is 5.94. The first kappa shape index (κ1) is 19.2. The van der Waals surface area contributed by atoms with Crippen LogP contribution < -0.4 is 20.7 Å². The number of hydrogen-bond acceptors (Lipinski definition) is 3. The molecule has 6 nitrogen and oxygen atoms in total. The molecule has 0 heterocycles. The molecule has 0 fully saturated rings. The first-order chi connectivity index (χ1) is 12.6. The second kappa shape index (κ2) is 10.0. The zero-order valence-corrected chi connectivity index (χ0v) is 14.8. The molecule has 0 aliphatic heterocycles. The highest BCUT2D eigenvalue weighted by atomic mass is 19.1. The van der Waals surface area contributed by atoms with Crippen molar-refractivity contribution in [1.29, 1.82) is 0 Å². The Bertz CT molecular complexity index is 737. The van der Waals surface area contributed by atoms with Crippen molar-refractivity contribution >= 4 is 17.6 Å². The molecule has 0 spiro atoms. The Hall–Kier alpha value is -3.09. The highest BCUT2D eigenvalue weighted by Gasteiger charge is 2.09. The summed E-state index contributed by atoms with van der Waals surface area (Å²) in [4.78, 5) is 16.0. The third kappa shape index (κ3) is 6.43. The number of aliphatic imine (C=N–C) groups is 1. The average molecular weight is 358 g/mol. The summed E-state index contributed by atoms with van der Waals surface area (Å²) in [6.07, 6.45) is -0.288. The second-order valence-electron chi connectivity index (χ2n) is 5.58. The van der Waals surface area contributed by atoms with Crippen LogP contribution in [0, 0.1) is 5.82 Å². The normalized spacial score (nSPS) is 12.2. The number of rotatable bonds is 7. The van der Waals surface area contributed by atoms with Crippen LogP contribution in [0.25, 0.3) is 0 Å². The van der Waals surface area contributed by atoms with Crippen molar-refractivity contribution in [2.45, 2.75) is 13.0 Å². The summed E-state index contributed by atoms with van der Waals surface area (Å²) in [7, 11) is 1.60. The fraction of sp³-hybridized carbons (Fsp3) is 0.263. The summed E-state index contributed by atoms with van der Waals surface area (Å²) in [5.41, 5.74) is 0.731. The number of halogens is 1. The number of nitrogens with one attached hydrogen (secondary N) is 3. The van der Waals surface area contributed by atoms with E-state index in [4.69, 9.17) is 4.74 Å². The van der Waals surface area contributed by atoms with E-state index in [9.17, 15) is 9.18 Å². The van der Waals surface area contributed by atoms with E-state index in [-0.39, 0.29) is 24.3 Å². The summed E-state index contributed by atoms with van der Waals surface area (Å²) >= 11 is 0. The van der Waals surface area contributed by atoms with Crippen LogP contribution in [-0.4, -0.2) is 38.1 Å². The molecule has 2 aromatic carbocycles. The topological polar surface area (TPSA) is 74.8 Å². The SMILES string of the molecule is CN=C(NCC(=O)Nc1ccccc1)NCC(C)Oc1ccccc1F. The van der Waals surface area contributed by atoms with Gasteiger partial charge in [-0.3, -0.25) is 9.79 Å². The van der Waals surface area contributed by atoms with Crippen molar-refractivity contribution in [2.24, 2.45) is 4.99 Å². The summed E-state index contributed by atoms with van der Waals surface area (Å²) in [6, 6.07) is 15.4. The number of carbonyl (C=O) groups is 1. The lowest BCUT2D eigenvalue weighted by atomic mass is 10.3. The minimum Gasteiger partial charge on any atom is -0.486 e. The first-order valence-electron chi connectivity index (χ1n) is 8.29. The van der Waals surface area contributed by atoms with Gasteiger partial charge in [0.2, 0.25) is 5.91 Å². The number of benzene rings is 2. The summed E-state index contributed by atoms with van der Waals surface area (Å²) in [6.45, 7) is 2.28. The van der Waals surface area contributed by atoms with Gasteiger partial charge < -0.3 is 20.7 Å². The van der Waals surface area contributed by atoms with E-state index in [2.05, 4.69) is 20.9 Å². The van der Waals surface area contributed by atoms with Crippen LogP contribution in [0.1, 0.15) is 6.92 Å². The van der Waals surface area contributed by atoms with Gasteiger partial charge in [0.1, 0.15) is 6.10 Å². The summed E-state index contributed by atoms with van der Waals surface area (Å²) in [5, 5.41) is 8.73. The molecule has 0 bridgehead atoms. The van der Waals surface area contributed by atoms with E-state index in [1.165, 1.54) is 6.07 Å². The lowest BCUT2D eigenvalue weighted by Crippen LogP contribution is -2.44. The van der Waals surface area contributed by atoms with Gasteiger partial charge >= 0.3 is 0 Å². The molecule has 0 saturated heterocycles. The van der Waals surface area contributed by atoms with Gasteiger partial charge in [0.25, 0.3) is 0 Å². The Labute approximate surface area is 152 Å². The molecule has 1 unspecified atom stereocenters. The fourth-order valence-electron chi connectivity index (χ4n) is 2.15. The predicted octanol–water partition coefficient (Wildman–Crippen LogP) is 2.40. The van der Waals surface area contributed by atoms with E-state index in [1.54, 1.807) is 25.2 Å². The quantitative estimate of drug-likeness (QED) is 0.525. The molecule has 0 aliphatic carbocycles. The Morgan fingerprint density at radius 3 is 2.50 bits per heavy atom. The third-order valence-corrected chi connectivity index (χ3v) is 3.42. The molecule has 0 aromatic heterocycles. The van der Waals surface area contributed by atoms with Crippen molar-refractivity contribution in [3.05, 3.63) is 60.4 Å². The number of guanidine groups is 1. The predicted molar refractivity (Wildman–Crippen MR) is 101 cm³/mol. The van der Waals surface area contributed by atoms with Crippen LogP contribution in [0.3, 0.4) is 0 Å². The smallest absolute Gasteiger partial charge is 0.243 e. The molecular weight excluding hydrogens is 335 g/mol. The molecule has 1 amide bonds. The number of carbonyl (C=O) groups excluding carboxylic acids is 1. The minimum absolute atomic E-state index is 0.0666. The lowest BCUT2D eigenvalue weighted by Gasteiger charge is -2.18. The van der Waals surface area contributed by atoms with Gasteiger partial charge in [0.05, 0.1) is 13.1 Å². The number of ether oxygens (including phenoxy) is 1. The molecule has 2 aromatic rings. The van der Waals surface area contributed by atoms with Crippen LogP contribution >= 0.6 is 0 Å². The van der Waals surface area contributed by atoms with E-state index >= 15 is 0 Å². The Balaban J connectivity index is 1.73. The summed E-state index contributed by atoms with van der Waals surface area (Å²) in [5.74, 6) is 0.0680. The van der Waals surface area contributed by atoms with Crippen LogP contribution in [0.2, 0.25) is 0 Å². The number of para-hydroxylation sites is 2. The van der Waals surface area contributed by atoms with E-state index in [0.29, 0.717) is 12.5 Å². The van der Waals surface area contributed by atoms with Crippen molar-refractivity contribution < 1.29 is 13.9 Å². The number of anilines is 1. The molecule has 0 aliphatic rings. The molecule has 0 saturated carbocycles. The summed E-state index contributed by atoms with van der Waals surface area (Å²) < 4.78 is 19.1. The standard InChI is InChI=1S/C19H23FN4O2/c1-14(26-17-11-7-6-10-16(17)20)12-22-19(21-2)23-13-18(25)24-15-8-4-3-5-9-15/h3-11,14H,12-13H2,1-2H3,(H,24,25)(H2,21,22,23). The molecule has 1 atom stereocenters. The van der Waals surface area contributed by atoms with Crippen molar-refractivity contribution in [3.8, 4) is 5.75 Å². The first-order valence-corrected chi connectivity index (χ1v) is 8.29. The van der Waals surface area contributed by atoms with Crippen LogP contribution in [0.5, 0.6) is 5.75 Å². The van der Waals surface area contributed by atoms with Gasteiger partial charge in [-0.25, -0.2) is 4.39 Å². The van der Waals surface area contributed by atoms with Crippen molar-refractivity contribution in [2.75, 3.05) is 25.5 Å². The maximum absolute atomic E-state index is 13.6. The number of nitrogens with zero attached hydrogens (tertiary/aromatic N) is 1. The fourth-order valence-corrected chi connectivity index (χ4v) is 2.15. The molecule has 26 heavy (non-hydrogen) atoms. The highest BCUT2D eigenvalue weighted by Crippen LogP contribution is 2.16. The van der Waals surface area contributed by atoms with Crippen molar-refractivity contribution in [1.82, 2.24) is 10.6 Å². The zero-order chi connectivity index (χ0) is 18.8. The molecular formula is C19H23FN4O2. The van der Waals surface area contributed by atoms with Gasteiger partial charge in [-0.2, -0.15) is 0 Å². The maximum Gasteiger partial charge on any atom is 0.243 e. The molecule has 138 valence electrons. The number of amides is 1. The van der Waals surface area contributed by atoms with Gasteiger partial charge in [-0.1, -0.05) is 30.3 Å². The number of hydrogen-bond donors (Lipinski definition) is 3. The molecule has 3 N–H and O–H groups in total. The van der Waals surface area contributed by atoms with Crippen LogP contribution in [0.15, 0.2) is 59.6 Å². The van der Waals surface area contributed by atoms with E-state index in [1.807, 2.05) is 37.3 Å². The Morgan fingerprint density at radius 1 is 1.12 bits per heavy atom. The zero-order valence-electron chi connectivity index (χ0n) is 14.8. The van der Waals surface area contributed by atoms with Gasteiger partial charge in [0, 0.05) is 12.7 Å². The molecule has 7 heteroatoms. The largest absolute Gasteiger partial charge is 0.486 e. The van der Waals surface area contributed by atoms with E-state index < -0.39 is 5.82 Å².